The number of aliphatic hydroxyl groups excluding tert-OH is 1. The summed E-state index contributed by atoms with van der Waals surface area (Å²) in [6.45, 7) is 1.53. The Morgan fingerprint density at radius 3 is 2.60 bits per heavy atom. The van der Waals surface area contributed by atoms with E-state index in [2.05, 4.69) is 0 Å². The smallest absolute Gasteiger partial charge is 0.124 e. The van der Waals surface area contributed by atoms with E-state index in [1.165, 1.54) is 13.0 Å². The molecule has 56 valence electrons. The first-order valence-corrected chi connectivity index (χ1v) is 3.10. The van der Waals surface area contributed by atoms with Crippen LogP contribution in [0.15, 0.2) is 23.6 Å². The van der Waals surface area contributed by atoms with Crippen LogP contribution < -0.4 is 5.73 Å². The normalized spacial score (nSPS) is 33.0. The van der Waals surface area contributed by atoms with Gasteiger partial charge in [-0.05, 0) is 19.1 Å². The van der Waals surface area contributed by atoms with E-state index in [1.807, 2.05) is 0 Å². The van der Waals surface area contributed by atoms with Gasteiger partial charge in [-0.2, -0.15) is 0 Å². The van der Waals surface area contributed by atoms with Gasteiger partial charge in [0.1, 0.15) is 11.4 Å². The summed E-state index contributed by atoms with van der Waals surface area (Å²) >= 11 is 0. The summed E-state index contributed by atoms with van der Waals surface area (Å²) in [5, 5.41) is 18.4. The van der Waals surface area contributed by atoms with Crippen molar-refractivity contribution in [2.45, 2.75) is 18.9 Å². The zero-order valence-corrected chi connectivity index (χ0v) is 5.83. The van der Waals surface area contributed by atoms with Crippen LogP contribution >= 0.6 is 0 Å². The van der Waals surface area contributed by atoms with Gasteiger partial charge < -0.3 is 15.9 Å². The Morgan fingerprint density at radius 1 is 1.60 bits per heavy atom. The minimum Gasteiger partial charge on any atom is -0.509 e. The second-order valence-corrected chi connectivity index (χ2v) is 2.74. The largest absolute Gasteiger partial charge is 0.509 e. The summed E-state index contributed by atoms with van der Waals surface area (Å²) in [5.41, 5.74) is 4.84. The summed E-state index contributed by atoms with van der Waals surface area (Å²) in [6.07, 6.45) is 3.31. The summed E-state index contributed by atoms with van der Waals surface area (Å²) in [4.78, 5) is 0. The molecule has 0 heterocycles. The lowest BCUT2D eigenvalue weighted by Crippen LogP contribution is -2.31. The van der Waals surface area contributed by atoms with Crippen LogP contribution in [0.1, 0.15) is 13.3 Å². The maximum absolute atomic E-state index is 9.37. The number of hydrogen-bond acceptors (Lipinski definition) is 3. The highest BCUT2D eigenvalue weighted by Crippen LogP contribution is 2.24. The van der Waals surface area contributed by atoms with Crippen LogP contribution in [0, 0.1) is 0 Å². The van der Waals surface area contributed by atoms with Crippen molar-refractivity contribution < 1.29 is 10.2 Å². The van der Waals surface area contributed by atoms with Gasteiger partial charge in [0.05, 0.1) is 0 Å². The Labute approximate surface area is 59.5 Å². The van der Waals surface area contributed by atoms with E-state index in [4.69, 9.17) is 10.8 Å². The van der Waals surface area contributed by atoms with E-state index in [1.54, 1.807) is 6.08 Å². The molecule has 4 N–H and O–H groups in total. The van der Waals surface area contributed by atoms with Crippen molar-refractivity contribution in [3.8, 4) is 0 Å². The molecule has 0 saturated carbocycles. The number of rotatable bonds is 0. The summed E-state index contributed by atoms with van der Waals surface area (Å²) in [5.74, 6) is -0.0262. The van der Waals surface area contributed by atoms with E-state index < -0.39 is 5.60 Å². The van der Waals surface area contributed by atoms with Crippen molar-refractivity contribution in [2.75, 3.05) is 0 Å². The molecule has 1 aliphatic carbocycles. The highest BCUT2D eigenvalue weighted by Gasteiger charge is 2.28. The third kappa shape index (κ3) is 1.14. The van der Waals surface area contributed by atoms with Gasteiger partial charge in [0.15, 0.2) is 0 Å². The van der Waals surface area contributed by atoms with Gasteiger partial charge in [0.25, 0.3) is 0 Å². The lowest BCUT2D eigenvalue weighted by molar-refractivity contribution is 0.0511. The molecule has 0 amide bonds. The van der Waals surface area contributed by atoms with Crippen molar-refractivity contribution in [2.24, 2.45) is 5.73 Å². The van der Waals surface area contributed by atoms with Gasteiger partial charge in [-0.15, -0.1) is 0 Å². The van der Waals surface area contributed by atoms with E-state index in [9.17, 15) is 5.11 Å². The molecule has 10 heavy (non-hydrogen) atoms. The monoisotopic (exact) mass is 141 g/mol. The Balaban J connectivity index is 2.89. The standard InChI is InChI=1S/C7H11NO2/c1-7(10)4-5(8)2-3-6(7)9/h2-3,9-10H,4,8H2,1H3. The number of aliphatic hydroxyl groups is 2. The topological polar surface area (TPSA) is 66.5 Å². The fourth-order valence-electron chi connectivity index (χ4n) is 0.912. The quantitative estimate of drug-likeness (QED) is 0.458. The van der Waals surface area contributed by atoms with Crippen LogP contribution in [0.4, 0.5) is 0 Å². The molecule has 0 fully saturated rings. The van der Waals surface area contributed by atoms with Crippen LogP contribution in [0.3, 0.4) is 0 Å². The average Bonchev–Trinajstić information content (AvgIpc) is 1.78. The van der Waals surface area contributed by atoms with Crippen LogP contribution in [0.25, 0.3) is 0 Å². The van der Waals surface area contributed by atoms with E-state index in [-0.39, 0.29) is 5.76 Å². The molecule has 0 aromatic carbocycles. The van der Waals surface area contributed by atoms with Crippen LogP contribution in [-0.2, 0) is 0 Å². The minimum atomic E-state index is -1.17. The molecule has 1 aliphatic rings. The lowest BCUT2D eigenvalue weighted by Gasteiger charge is -2.24. The number of hydrogen-bond donors (Lipinski definition) is 3. The van der Waals surface area contributed by atoms with Gasteiger partial charge in [-0.1, -0.05) is 0 Å². The molecule has 3 heteroatoms. The Morgan fingerprint density at radius 2 is 2.20 bits per heavy atom. The predicted octanol–water partition coefficient (Wildman–Crippen LogP) is 0.426. The Kier molecular flexibility index (Phi) is 1.45. The van der Waals surface area contributed by atoms with Crippen molar-refractivity contribution in [1.82, 2.24) is 0 Å². The zero-order chi connectivity index (χ0) is 7.78. The average molecular weight is 141 g/mol. The molecular formula is C7H11NO2. The molecule has 1 unspecified atom stereocenters. The first-order valence-electron chi connectivity index (χ1n) is 3.10. The van der Waals surface area contributed by atoms with Crippen LogP contribution in [0.2, 0.25) is 0 Å². The van der Waals surface area contributed by atoms with E-state index in [0.29, 0.717) is 12.1 Å². The van der Waals surface area contributed by atoms with Gasteiger partial charge >= 0.3 is 0 Å². The molecule has 1 rings (SSSR count). The SMILES string of the molecule is CC1(O)CC(N)=CC=C1O. The van der Waals surface area contributed by atoms with Gasteiger partial charge in [0, 0.05) is 12.1 Å². The Hall–Kier alpha value is -0.960. The molecule has 0 bridgehead atoms. The molecule has 1 atom stereocenters. The fraction of sp³-hybridized carbons (Fsp3) is 0.429. The lowest BCUT2D eigenvalue weighted by atomic mass is 9.94. The zero-order valence-electron chi connectivity index (χ0n) is 5.83. The van der Waals surface area contributed by atoms with Crippen LogP contribution in [0.5, 0.6) is 0 Å². The minimum absolute atomic E-state index is 0.0262. The molecule has 3 nitrogen and oxygen atoms in total. The first kappa shape index (κ1) is 7.15. The summed E-state index contributed by atoms with van der Waals surface area (Å²) in [6, 6.07) is 0. The molecule has 0 saturated heterocycles. The summed E-state index contributed by atoms with van der Waals surface area (Å²) in [7, 11) is 0. The van der Waals surface area contributed by atoms with E-state index >= 15 is 0 Å². The van der Waals surface area contributed by atoms with Crippen molar-refractivity contribution in [3.63, 3.8) is 0 Å². The molecule has 0 spiro atoms. The molecular weight excluding hydrogens is 130 g/mol. The highest BCUT2D eigenvalue weighted by molar-refractivity contribution is 5.25. The first-order chi connectivity index (χ1) is 4.52. The summed E-state index contributed by atoms with van der Waals surface area (Å²) < 4.78 is 0. The maximum atomic E-state index is 9.37. The van der Waals surface area contributed by atoms with E-state index in [0.717, 1.165) is 0 Å². The van der Waals surface area contributed by atoms with Gasteiger partial charge in [-0.25, -0.2) is 0 Å². The van der Waals surface area contributed by atoms with Crippen molar-refractivity contribution in [3.05, 3.63) is 23.6 Å². The molecule has 0 aromatic rings. The van der Waals surface area contributed by atoms with Gasteiger partial charge in [-0.3, -0.25) is 0 Å². The third-order valence-electron chi connectivity index (χ3n) is 1.56. The number of nitrogens with two attached hydrogens (primary N) is 1. The van der Waals surface area contributed by atoms with Gasteiger partial charge in [0.2, 0.25) is 0 Å². The fourth-order valence-corrected chi connectivity index (χ4v) is 0.912. The van der Waals surface area contributed by atoms with Crippen molar-refractivity contribution >= 4 is 0 Å². The Bertz CT molecular complexity index is 204. The third-order valence-corrected chi connectivity index (χ3v) is 1.56. The van der Waals surface area contributed by atoms with Crippen molar-refractivity contribution in [1.29, 1.82) is 0 Å². The second kappa shape index (κ2) is 2.02. The second-order valence-electron chi connectivity index (χ2n) is 2.74. The predicted molar refractivity (Wildman–Crippen MR) is 38.2 cm³/mol. The molecule has 0 radical (unpaired) electrons. The highest BCUT2D eigenvalue weighted by atomic mass is 16.3. The maximum Gasteiger partial charge on any atom is 0.124 e. The molecule has 0 aliphatic heterocycles. The number of allylic oxidation sites excluding steroid dienone is 2. The van der Waals surface area contributed by atoms with Crippen LogP contribution in [-0.4, -0.2) is 15.8 Å². The molecule has 0 aromatic heterocycles.